The van der Waals surface area contributed by atoms with Crippen LogP contribution in [0.1, 0.15) is 6.42 Å². The standard InChI is InChI=1S/C14H22N2O2Si/c1-19(2,3)15-6-7-16-13(17)11-9-4-5-10(8-9)12(11)14(16)18/h4-5,9-12,15H,6-8H2,1-3H3/t9-,10+,11-,12+. The molecule has 3 aliphatic rings. The van der Waals surface area contributed by atoms with Crippen molar-refractivity contribution in [3.05, 3.63) is 12.2 Å². The quantitative estimate of drug-likeness (QED) is 0.478. The van der Waals surface area contributed by atoms with Crippen molar-refractivity contribution in [1.82, 2.24) is 9.88 Å². The molecule has 0 aromatic heterocycles. The summed E-state index contributed by atoms with van der Waals surface area (Å²) < 4.78 is 0. The highest BCUT2D eigenvalue weighted by Crippen LogP contribution is 2.52. The van der Waals surface area contributed by atoms with Crippen LogP contribution in [0, 0.1) is 23.7 Å². The van der Waals surface area contributed by atoms with E-state index < -0.39 is 8.24 Å². The summed E-state index contributed by atoms with van der Waals surface area (Å²) in [6.07, 6.45) is 5.29. The molecule has 2 amide bonds. The zero-order valence-corrected chi connectivity index (χ0v) is 12.8. The van der Waals surface area contributed by atoms with Gasteiger partial charge in [-0.1, -0.05) is 31.8 Å². The molecular formula is C14H22N2O2Si. The van der Waals surface area contributed by atoms with Gasteiger partial charge in [0, 0.05) is 13.1 Å². The fourth-order valence-corrected chi connectivity index (χ4v) is 4.59. The molecule has 4 nitrogen and oxygen atoms in total. The largest absolute Gasteiger partial charge is 0.336 e. The van der Waals surface area contributed by atoms with Crippen LogP contribution in [-0.4, -0.2) is 38.0 Å². The topological polar surface area (TPSA) is 49.4 Å². The maximum atomic E-state index is 12.4. The van der Waals surface area contributed by atoms with Crippen molar-refractivity contribution in [3.8, 4) is 0 Å². The fraction of sp³-hybridized carbons (Fsp3) is 0.714. The maximum absolute atomic E-state index is 12.4. The SMILES string of the molecule is C[Si](C)(C)NCCN1C(=O)[C@@H]2[C@H](C1=O)[C@@H]1C=C[C@H]2C1. The van der Waals surface area contributed by atoms with Crippen LogP contribution in [0.2, 0.25) is 19.6 Å². The molecule has 1 N–H and O–H groups in total. The molecule has 4 atom stereocenters. The average Bonchev–Trinajstić information content (AvgIpc) is 2.96. The zero-order valence-electron chi connectivity index (χ0n) is 11.8. The van der Waals surface area contributed by atoms with Crippen LogP contribution in [0.3, 0.4) is 0 Å². The van der Waals surface area contributed by atoms with Gasteiger partial charge in [-0.25, -0.2) is 0 Å². The fourth-order valence-electron chi connectivity index (χ4n) is 3.73. The molecular weight excluding hydrogens is 256 g/mol. The van der Waals surface area contributed by atoms with Crippen LogP contribution in [0.4, 0.5) is 0 Å². The van der Waals surface area contributed by atoms with Gasteiger partial charge in [0.1, 0.15) is 8.24 Å². The summed E-state index contributed by atoms with van der Waals surface area (Å²) in [5.74, 6) is 0.694. The highest BCUT2D eigenvalue weighted by Gasteiger charge is 2.58. The first kappa shape index (κ1) is 13.1. The normalized spacial score (nSPS) is 36.5. The Bertz CT molecular complexity index is 425. The Hall–Kier alpha value is -0.943. The van der Waals surface area contributed by atoms with E-state index >= 15 is 0 Å². The number of rotatable bonds is 4. The lowest BCUT2D eigenvalue weighted by Crippen LogP contribution is -2.46. The second-order valence-electron chi connectivity index (χ2n) is 7.00. The van der Waals surface area contributed by atoms with E-state index in [9.17, 15) is 9.59 Å². The number of nitrogens with zero attached hydrogens (tertiary/aromatic N) is 1. The molecule has 0 radical (unpaired) electrons. The van der Waals surface area contributed by atoms with Gasteiger partial charge in [0.2, 0.25) is 11.8 Å². The Morgan fingerprint density at radius 1 is 1.16 bits per heavy atom. The second kappa shape index (κ2) is 4.28. The molecule has 0 aromatic carbocycles. The van der Waals surface area contributed by atoms with E-state index in [1.54, 1.807) is 0 Å². The third-order valence-electron chi connectivity index (χ3n) is 4.55. The number of fused-ring (bicyclic) bond motifs is 5. The monoisotopic (exact) mass is 278 g/mol. The first-order valence-corrected chi connectivity index (χ1v) is 10.7. The number of imide groups is 1. The summed E-state index contributed by atoms with van der Waals surface area (Å²) in [7, 11) is -1.33. The average molecular weight is 278 g/mol. The minimum atomic E-state index is -1.33. The second-order valence-corrected chi connectivity index (χ2v) is 11.9. The first-order valence-electron chi connectivity index (χ1n) is 7.17. The molecule has 1 heterocycles. The molecule has 1 aliphatic heterocycles. The van der Waals surface area contributed by atoms with Crippen molar-refractivity contribution in [2.24, 2.45) is 23.7 Å². The molecule has 19 heavy (non-hydrogen) atoms. The minimum absolute atomic E-state index is 0.0469. The number of hydrogen-bond donors (Lipinski definition) is 1. The molecule has 2 bridgehead atoms. The molecule has 104 valence electrons. The number of nitrogens with one attached hydrogen (secondary N) is 1. The summed E-state index contributed by atoms with van der Waals surface area (Å²) in [4.78, 5) is 29.8. The van der Waals surface area contributed by atoms with Crippen LogP contribution >= 0.6 is 0 Å². The van der Waals surface area contributed by atoms with Crippen LogP contribution in [-0.2, 0) is 9.59 Å². The van der Waals surface area contributed by atoms with E-state index in [-0.39, 0.29) is 23.7 Å². The van der Waals surface area contributed by atoms with Gasteiger partial charge in [0.25, 0.3) is 0 Å². The van der Waals surface area contributed by atoms with Crippen molar-refractivity contribution >= 4 is 20.0 Å². The van der Waals surface area contributed by atoms with Gasteiger partial charge >= 0.3 is 0 Å². The minimum Gasteiger partial charge on any atom is -0.336 e. The molecule has 0 spiro atoms. The third-order valence-corrected chi connectivity index (χ3v) is 5.86. The van der Waals surface area contributed by atoms with Gasteiger partial charge in [0.05, 0.1) is 11.8 Å². The number of amides is 2. The lowest BCUT2D eigenvalue weighted by atomic mass is 9.85. The third kappa shape index (κ3) is 2.09. The van der Waals surface area contributed by atoms with Gasteiger partial charge in [0.15, 0.2) is 0 Å². The van der Waals surface area contributed by atoms with Crippen LogP contribution < -0.4 is 4.98 Å². The van der Waals surface area contributed by atoms with Gasteiger partial charge in [-0.3, -0.25) is 14.5 Å². The smallest absolute Gasteiger partial charge is 0.233 e. The van der Waals surface area contributed by atoms with Gasteiger partial charge in [-0.15, -0.1) is 0 Å². The molecule has 2 aliphatic carbocycles. The van der Waals surface area contributed by atoms with E-state index in [1.165, 1.54) is 4.90 Å². The number of allylic oxidation sites excluding steroid dienone is 2. The molecule has 3 rings (SSSR count). The van der Waals surface area contributed by atoms with Crippen LogP contribution in [0.15, 0.2) is 12.2 Å². The Kier molecular flexibility index (Phi) is 2.94. The zero-order chi connectivity index (χ0) is 13.8. The van der Waals surface area contributed by atoms with Crippen LogP contribution in [0.25, 0.3) is 0 Å². The first-order chi connectivity index (χ1) is 8.88. The van der Waals surface area contributed by atoms with E-state index in [1.807, 2.05) is 0 Å². The van der Waals surface area contributed by atoms with Crippen molar-refractivity contribution in [2.75, 3.05) is 13.1 Å². The summed E-state index contributed by atoms with van der Waals surface area (Å²) in [6.45, 7) is 7.93. The maximum Gasteiger partial charge on any atom is 0.233 e. The highest BCUT2D eigenvalue weighted by atomic mass is 28.3. The summed E-state index contributed by atoms with van der Waals surface area (Å²) >= 11 is 0. The number of hydrogen-bond acceptors (Lipinski definition) is 3. The summed E-state index contributed by atoms with van der Waals surface area (Å²) in [5.41, 5.74) is 0. The number of carbonyl (C=O) groups is 2. The number of carbonyl (C=O) groups excluding carboxylic acids is 2. The molecule has 0 unspecified atom stereocenters. The van der Waals surface area contributed by atoms with Crippen molar-refractivity contribution in [1.29, 1.82) is 0 Å². The molecule has 2 fully saturated rings. The van der Waals surface area contributed by atoms with Crippen LogP contribution in [0.5, 0.6) is 0 Å². The predicted molar refractivity (Wildman–Crippen MR) is 75.8 cm³/mol. The predicted octanol–water partition coefficient (Wildman–Crippen LogP) is 1.22. The van der Waals surface area contributed by atoms with E-state index in [0.717, 1.165) is 13.0 Å². The van der Waals surface area contributed by atoms with Gasteiger partial charge in [-0.05, 0) is 18.3 Å². The molecule has 1 saturated carbocycles. The lowest BCUT2D eigenvalue weighted by Gasteiger charge is -2.22. The molecule has 0 aromatic rings. The summed E-state index contributed by atoms with van der Waals surface area (Å²) in [6, 6.07) is 0. The number of likely N-dealkylation sites (tertiary alicyclic amines) is 1. The van der Waals surface area contributed by atoms with E-state index in [2.05, 4.69) is 36.8 Å². The van der Waals surface area contributed by atoms with E-state index in [4.69, 9.17) is 0 Å². The Balaban J connectivity index is 1.66. The Morgan fingerprint density at radius 3 is 2.16 bits per heavy atom. The van der Waals surface area contributed by atoms with E-state index in [0.29, 0.717) is 18.4 Å². The van der Waals surface area contributed by atoms with Gasteiger partial charge in [-0.2, -0.15) is 0 Å². The van der Waals surface area contributed by atoms with Crippen molar-refractivity contribution < 1.29 is 9.59 Å². The summed E-state index contributed by atoms with van der Waals surface area (Å²) in [5, 5.41) is 0. The molecule has 1 saturated heterocycles. The molecule has 5 heteroatoms. The van der Waals surface area contributed by atoms with Gasteiger partial charge < -0.3 is 4.98 Å². The lowest BCUT2D eigenvalue weighted by molar-refractivity contribution is -0.140. The van der Waals surface area contributed by atoms with Crippen molar-refractivity contribution in [2.45, 2.75) is 26.1 Å². The Morgan fingerprint density at radius 2 is 1.68 bits per heavy atom. The Labute approximate surface area is 115 Å². The van der Waals surface area contributed by atoms with Crippen molar-refractivity contribution in [3.63, 3.8) is 0 Å². The highest BCUT2D eigenvalue weighted by molar-refractivity contribution is 6.73.